The van der Waals surface area contributed by atoms with Crippen LogP contribution in [-0.2, 0) is 19.1 Å². The molecule has 1 heterocycles. The minimum absolute atomic E-state index is 0.0368. The molecule has 102 valence electrons. The number of hydrogen-bond acceptors (Lipinski definition) is 4. The van der Waals surface area contributed by atoms with Crippen molar-refractivity contribution < 1.29 is 19.1 Å². The number of carbonyl (C=O) groups is 2. The molecule has 2 rings (SSSR count). The Morgan fingerprint density at radius 3 is 2.28 bits per heavy atom. The predicted octanol–water partition coefficient (Wildman–Crippen LogP) is 0.825. The molecule has 0 N–H and O–H groups in total. The van der Waals surface area contributed by atoms with Crippen molar-refractivity contribution in [3.05, 3.63) is 0 Å². The largest absolute Gasteiger partial charge is 0.468 e. The van der Waals surface area contributed by atoms with E-state index in [4.69, 9.17) is 9.47 Å². The zero-order valence-electron chi connectivity index (χ0n) is 11.1. The maximum absolute atomic E-state index is 12.3. The molecule has 0 spiro atoms. The average molecular weight is 255 g/mol. The summed E-state index contributed by atoms with van der Waals surface area (Å²) < 4.78 is 9.88. The van der Waals surface area contributed by atoms with Crippen LogP contribution in [0.3, 0.4) is 0 Å². The molecule has 2 fully saturated rings. The molecule has 5 nitrogen and oxygen atoms in total. The fourth-order valence-corrected chi connectivity index (χ4v) is 2.67. The zero-order valence-corrected chi connectivity index (χ0v) is 11.1. The minimum Gasteiger partial charge on any atom is -0.468 e. The molecule has 5 heteroatoms. The molecule has 0 aromatic carbocycles. The maximum atomic E-state index is 12.3. The molecular weight excluding hydrogens is 234 g/mol. The summed E-state index contributed by atoms with van der Waals surface area (Å²) >= 11 is 0. The van der Waals surface area contributed by atoms with Gasteiger partial charge in [0, 0.05) is 26.8 Å². The highest BCUT2D eigenvalue weighted by Gasteiger charge is 2.59. The molecule has 0 radical (unpaired) electrons. The number of amides is 1. The lowest BCUT2D eigenvalue weighted by atomic mass is 9.95. The molecule has 1 saturated heterocycles. The van der Waals surface area contributed by atoms with Gasteiger partial charge in [0.15, 0.2) is 0 Å². The Morgan fingerprint density at radius 2 is 1.83 bits per heavy atom. The molecule has 0 aromatic heterocycles. The van der Waals surface area contributed by atoms with E-state index in [0.29, 0.717) is 18.8 Å². The van der Waals surface area contributed by atoms with Crippen molar-refractivity contribution >= 4 is 11.9 Å². The van der Waals surface area contributed by atoms with E-state index in [9.17, 15) is 9.59 Å². The summed E-state index contributed by atoms with van der Waals surface area (Å²) in [6.45, 7) is 2.21. The Kier molecular flexibility index (Phi) is 3.90. The van der Waals surface area contributed by atoms with E-state index in [0.717, 1.165) is 32.5 Å². The molecule has 0 unspecified atom stereocenters. The van der Waals surface area contributed by atoms with Gasteiger partial charge in [-0.1, -0.05) is 0 Å². The molecule has 1 aliphatic carbocycles. The lowest BCUT2D eigenvalue weighted by molar-refractivity contribution is -0.156. The SMILES string of the molecule is COCC1CCN(C(=O)C2(C(=O)OC)CC2)CC1. The Bertz CT molecular complexity index is 330. The summed E-state index contributed by atoms with van der Waals surface area (Å²) in [6.07, 6.45) is 3.18. The number of carbonyl (C=O) groups excluding carboxylic acids is 2. The first-order chi connectivity index (χ1) is 8.64. The van der Waals surface area contributed by atoms with Crippen molar-refractivity contribution in [1.29, 1.82) is 0 Å². The van der Waals surface area contributed by atoms with E-state index in [1.807, 2.05) is 4.90 Å². The van der Waals surface area contributed by atoms with Gasteiger partial charge in [-0.2, -0.15) is 0 Å². The third kappa shape index (κ3) is 2.36. The predicted molar refractivity (Wildman–Crippen MR) is 64.9 cm³/mol. The molecule has 18 heavy (non-hydrogen) atoms. The molecule has 1 aliphatic heterocycles. The van der Waals surface area contributed by atoms with Crippen molar-refractivity contribution in [3.8, 4) is 0 Å². The Morgan fingerprint density at radius 1 is 1.22 bits per heavy atom. The van der Waals surface area contributed by atoms with Gasteiger partial charge in [0.1, 0.15) is 5.41 Å². The van der Waals surface area contributed by atoms with Crippen LogP contribution in [0, 0.1) is 11.3 Å². The van der Waals surface area contributed by atoms with Crippen LogP contribution in [0.25, 0.3) is 0 Å². The van der Waals surface area contributed by atoms with Crippen molar-refractivity contribution in [2.24, 2.45) is 11.3 Å². The highest BCUT2D eigenvalue weighted by molar-refractivity contribution is 6.05. The van der Waals surface area contributed by atoms with Gasteiger partial charge >= 0.3 is 5.97 Å². The van der Waals surface area contributed by atoms with Crippen LogP contribution < -0.4 is 0 Å². The molecule has 0 atom stereocenters. The van der Waals surface area contributed by atoms with E-state index in [1.165, 1.54) is 7.11 Å². The van der Waals surface area contributed by atoms with E-state index >= 15 is 0 Å². The second-order valence-corrected chi connectivity index (χ2v) is 5.26. The molecule has 0 aromatic rings. The maximum Gasteiger partial charge on any atom is 0.321 e. The fraction of sp³-hybridized carbons (Fsp3) is 0.846. The summed E-state index contributed by atoms with van der Waals surface area (Å²) in [7, 11) is 3.05. The number of nitrogens with zero attached hydrogens (tertiary/aromatic N) is 1. The lowest BCUT2D eigenvalue weighted by Gasteiger charge is -2.33. The number of piperidine rings is 1. The zero-order chi connectivity index (χ0) is 13.2. The van der Waals surface area contributed by atoms with E-state index in [2.05, 4.69) is 0 Å². The number of hydrogen-bond donors (Lipinski definition) is 0. The third-order valence-electron chi connectivity index (χ3n) is 4.04. The number of likely N-dealkylation sites (tertiary alicyclic amines) is 1. The monoisotopic (exact) mass is 255 g/mol. The van der Waals surface area contributed by atoms with Crippen LogP contribution in [0.4, 0.5) is 0 Å². The summed E-state index contributed by atoms with van der Waals surface area (Å²) in [5.74, 6) is 0.129. The summed E-state index contributed by atoms with van der Waals surface area (Å²) in [4.78, 5) is 25.8. The van der Waals surface area contributed by atoms with Crippen LogP contribution in [0.15, 0.2) is 0 Å². The van der Waals surface area contributed by atoms with Crippen molar-refractivity contribution in [2.75, 3.05) is 33.9 Å². The number of esters is 1. The van der Waals surface area contributed by atoms with Gasteiger partial charge in [-0.15, -0.1) is 0 Å². The van der Waals surface area contributed by atoms with Gasteiger partial charge in [-0.3, -0.25) is 9.59 Å². The molecular formula is C13H21NO4. The van der Waals surface area contributed by atoms with Crippen molar-refractivity contribution in [3.63, 3.8) is 0 Å². The molecule has 1 amide bonds. The number of rotatable bonds is 4. The second kappa shape index (κ2) is 5.26. The Labute approximate surface area is 107 Å². The standard InChI is InChI=1S/C13H21NO4/c1-17-9-10-3-7-14(8-4-10)11(15)13(5-6-13)12(16)18-2/h10H,3-9H2,1-2H3. The van der Waals surface area contributed by atoms with Gasteiger partial charge in [-0.05, 0) is 31.6 Å². The summed E-state index contributed by atoms with van der Waals surface area (Å²) in [5, 5.41) is 0. The van der Waals surface area contributed by atoms with Crippen LogP contribution in [0.5, 0.6) is 0 Å². The van der Waals surface area contributed by atoms with Gasteiger partial charge in [0.05, 0.1) is 7.11 Å². The third-order valence-corrected chi connectivity index (χ3v) is 4.04. The minimum atomic E-state index is -0.844. The van der Waals surface area contributed by atoms with Crippen LogP contribution in [-0.4, -0.2) is 50.7 Å². The number of methoxy groups -OCH3 is 2. The van der Waals surface area contributed by atoms with Gasteiger partial charge in [-0.25, -0.2) is 0 Å². The first-order valence-corrected chi connectivity index (χ1v) is 6.51. The fourth-order valence-electron chi connectivity index (χ4n) is 2.67. The topological polar surface area (TPSA) is 55.8 Å². The quantitative estimate of drug-likeness (QED) is 0.551. The Balaban J connectivity index is 1.90. The van der Waals surface area contributed by atoms with Crippen molar-refractivity contribution in [1.82, 2.24) is 4.90 Å². The van der Waals surface area contributed by atoms with Crippen LogP contribution in [0.2, 0.25) is 0 Å². The first kappa shape index (κ1) is 13.3. The molecule has 0 bridgehead atoms. The highest BCUT2D eigenvalue weighted by atomic mass is 16.5. The molecule has 2 aliphatic rings. The summed E-state index contributed by atoms with van der Waals surface area (Å²) in [6, 6.07) is 0. The highest BCUT2D eigenvalue weighted by Crippen LogP contribution is 2.48. The smallest absolute Gasteiger partial charge is 0.321 e. The van der Waals surface area contributed by atoms with E-state index in [-0.39, 0.29) is 11.9 Å². The second-order valence-electron chi connectivity index (χ2n) is 5.26. The lowest BCUT2D eigenvalue weighted by Crippen LogP contribution is -2.45. The van der Waals surface area contributed by atoms with Crippen LogP contribution >= 0.6 is 0 Å². The van der Waals surface area contributed by atoms with Gasteiger partial charge < -0.3 is 14.4 Å². The summed E-state index contributed by atoms with van der Waals surface area (Å²) in [5.41, 5.74) is -0.844. The molecule has 1 saturated carbocycles. The average Bonchev–Trinajstić information content (AvgIpc) is 3.20. The van der Waals surface area contributed by atoms with Crippen LogP contribution in [0.1, 0.15) is 25.7 Å². The Hall–Kier alpha value is -1.10. The van der Waals surface area contributed by atoms with Crippen molar-refractivity contribution in [2.45, 2.75) is 25.7 Å². The van der Waals surface area contributed by atoms with E-state index in [1.54, 1.807) is 7.11 Å². The van der Waals surface area contributed by atoms with Gasteiger partial charge in [0.2, 0.25) is 5.91 Å². The number of ether oxygens (including phenoxy) is 2. The first-order valence-electron chi connectivity index (χ1n) is 6.51. The van der Waals surface area contributed by atoms with Gasteiger partial charge in [0.25, 0.3) is 0 Å². The van der Waals surface area contributed by atoms with E-state index < -0.39 is 5.41 Å². The normalized spacial score (nSPS) is 22.7.